The van der Waals surface area contributed by atoms with E-state index in [0.29, 0.717) is 6.54 Å². The summed E-state index contributed by atoms with van der Waals surface area (Å²) in [7, 11) is 0. The van der Waals surface area contributed by atoms with Gasteiger partial charge >= 0.3 is 0 Å². The van der Waals surface area contributed by atoms with Crippen molar-refractivity contribution < 1.29 is 4.39 Å². The molecule has 3 rings (SSSR count). The van der Waals surface area contributed by atoms with Gasteiger partial charge in [0.15, 0.2) is 0 Å². The van der Waals surface area contributed by atoms with E-state index in [-0.39, 0.29) is 10.8 Å². The van der Waals surface area contributed by atoms with Crippen molar-refractivity contribution >= 4 is 17.3 Å². The second kappa shape index (κ2) is 5.43. The Kier molecular flexibility index (Phi) is 3.64. The molecule has 0 saturated heterocycles. The van der Waals surface area contributed by atoms with Gasteiger partial charge in [0, 0.05) is 25.3 Å². The highest BCUT2D eigenvalue weighted by Crippen LogP contribution is 2.25. The first-order valence-electron chi connectivity index (χ1n) is 6.66. The summed E-state index contributed by atoms with van der Waals surface area (Å²) < 4.78 is 13.5. The van der Waals surface area contributed by atoms with E-state index in [1.54, 1.807) is 6.07 Å². The summed E-state index contributed by atoms with van der Waals surface area (Å²) in [6.07, 6.45) is 0.989. The zero-order valence-electron chi connectivity index (χ0n) is 11.1. The summed E-state index contributed by atoms with van der Waals surface area (Å²) in [6.45, 7) is 2.43. The number of hydrogen-bond donors (Lipinski definition) is 1. The Morgan fingerprint density at radius 3 is 2.90 bits per heavy atom. The Morgan fingerprint density at radius 1 is 1.20 bits per heavy atom. The average molecular weight is 291 g/mol. The Morgan fingerprint density at radius 2 is 2.05 bits per heavy atom. The van der Waals surface area contributed by atoms with Crippen molar-refractivity contribution in [3.05, 3.63) is 63.9 Å². The number of fused-ring (bicyclic) bond motifs is 1. The first-order chi connectivity index (χ1) is 9.63. The molecule has 0 unspecified atom stereocenters. The molecule has 4 heteroatoms. The average Bonchev–Trinajstić information content (AvgIpc) is 2.43. The maximum absolute atomic E-state index is 13.5. The second-order valence-electron chi connectivity index (χ2n) is 5.20. The van der Waals surface area contributed by atoms with Crippen LogP contribution in [0.25, 0.3) is 0 Å². The third kappa shape index (κ3) is 2.65. The lowest BCUT2D eigenvalue weighted by Crippen LogP contribution is -2.30. The van der Waals surface area contributed by atoms with Crippen LogP contribution in [0.1, 0.15) is 16.7 Å². The Hall–Kier alpha value is -1.58. The molecule has 0 spiro atoms. The third-order valence-corrected chi connectivity index (χ3v) is 4.17. The van der Waals surface area contributed by atoms with Gasteiger partial charge in [-0.3, -0.25) is 4.90 Å². The molecule has 2 nitrogen and oxygen atoms in total. The van der Waals surface area contributed by atoms with Crippen LogP contribution in [-0.2, 0) is 19.5 Å². The van der Waals surface area contributed by atoms with Gasteiger partial charge in [0.2, 0.25) is 0 Å². The summed E-state index contributed by atoms with van der Waals surface area (Å²) in [5.74, 6) is -0.356. The normalized spacial score (nSPS) is 15.1. The lowest BCUT2D eigenvalue weighted by Gasteiger charge is -2.29. The van der Waals surface area contributed by atoms with Crippen LogP contribution >= 0.6 is 11.6 Å². The third-order valence-electron chi connectivity index (χ3n) is 3.75. The Labute approximate surface area is 123 Å². The number of rotatable bonds is 2. The van der Waals surface area contributed by atoms with Crippen molar-refractivity contribution in [3.63, 3.8) is 0 Å². The van der Waals surface area contributed by atoms with E-state index in [1.807, 2.05) is 18.2 Å². The maximum atomic E-state index is 13.5. The fraction of sp³-hybridized carbons (Fsp3) is 0.250. The first-order valence-corrected chi connectivity index (χ1v) is 7.04. The van der Waals surface area contributed by atoms with Crippen molar-refractivity contribution in [2.45, 2.75) is 19.5 Å². The first kappa shape index (κ1) is 13.4. The lowest BCUT2D eigenvalue weighted by atomic mass is 9.98. The molecule has 0 amide bonds. The topological polar surface area (TPSA) is 29.3 Å². The van der Waals surface area contributed by atoms with E-state index < -0.39 is 0 Å². The van der Waals surface area contributed by atoms with E-state index in [4.69, 9.17) is 17.3 Å². The molecule has 0 aromatic heterocycles. The van der Waals surface area contributed by atoms with Crippen molar-refractivity contribution in [1.82, 2.24) is 4.90 Å². The van der Waals surface area contributed by atoms with Gasteiger partial charge in [0.25, 0.3) is 0 Å². The molecule has 1 aliphatic heterocycles. The van der Waals surface area contributed by atoms with Crippen molar-refractivity contribution in [2.75, 3.05) is 12.3 Å². The standard InChI is InChI=1S/C16H16ClFN2/c17-16-12(2-1-3-15(16)18)9-20-7-6-11-4-5-14(19)8-13(11)10-20/h1-5,8H,6-7,9-10,19H2. The molecule has 0 bridgehead atoms. The smallest absolute Gasteiger partial charge is 0.142 e. The number of hydrogen-bond acceptors (Lipinski definition) is 2. The number of benzene rings is 2. The molecule has 20 heavy (non-hydrogen) atoms. The van der Waals surface area contributed by atoms with Crippen LogP contribution in [0.2, 0.25) is 5.02 Å². The highest BCUT2D eigenvalue weighted by molar-refractivity contribution is 6.31. The van der Waals surface area contributed by atoms with Crippen molar-refractivity contribution in [2.24, 2.45) is 0 Å². The largest absolute Gasteiger partial charge is 0.399 e. The molecule has 2 aromatic rings. The van der Waals surface area contributed by atoms with Gasteiger partial charge in [0.05, 0.1) is 5.02 Å². The SMILES string of the molecule is Nc1ccc2c(c1)CN(Cc1cccc(F)c1Cl)CC2. The molecule has 1 aliphatic rings. The van der Waals surface area contributed by atoms with Gasteiger partial charge in [-0.2, -0.15) is 0 Å². The van der Waals surface area contributed by atoms with Crippen LogP contribution in [0.4, 0.5) is 10.1 Å². The van der Waals surface area contributed by atoms with Crippen LogP contribution in [-0.4, -0.2) is 11.4 Å². The quantitative estimate of drug-likeness (QED) is 0.856. The van der Waals surface area contributed by atoms with Gasteiger partial charge in [-0.15, -0.1) is 0 Å². The molecular weight excluding hydrogens is 275 g/mol. The van der Waals surface area contributed by atoms with E-state index in [0.717, 1.165) is 30.8 Å². The molecule has 104 valence electrons. The number of nitrogens with zero attached hydrogens (tertiary/aromatic N) is 1. The minimum atomic E-state index is -0.356. The fourth-order valence-electron chi connectivity index (χ4n) is 2.68. The number of nitrogens with two attached hydrogens (primary N) is 1. The zero-order chi connectivity index (χ0) is 14.1. The molecule has 2 N–H and O–H groups in total. The van der Waals surface area contributed by atoms with E-state index in [9.17, 15) is 4.39 Å². The fourth-order valence-corrected chi connectivity index (χ4v) is 2.87. The van der Waals surface area contributed by atoms with Gasteiger partial charge in [-0.1, -0.05) is 29.8 Å². The number of nitrogen functional groups attached to an aromatic ring is 1. The van der Waals surface area contributed by atoms with Crippen LogP contribution in [0.3, 0.4) is 0 Å². The van der Waals surface area contributed by atoms with Gasteiger partial charge in [-0.05, 0) is 41.3 Å². The van der Waals surface area contributed by atoms with E-state index in [2.05, 4.69) is 11.0 Å². The van der Waals surface area contributed by atoms with Gasteiger partial charge < -0.3 is 5.73 Å². The Balaban J connectivity index is 1.79. The van der Waals surface area contributed by atoms with E-state index >= 15 is 0 Å². The van der Waals surface area contributed by atoms with Crippen LogP contribution in [0.5, 0.6) is 0 Å². The summed E-state index contributed by atoms with van der Waals surface area (Å²) in [5, 5.41) is 0.228. The molecule has 0 atom stereocenters. The van der Waals surface area contributed by atoms with Crippen molar-refractivity contribution in [1.29, 1.82) is 0 Å². The number of anilines is 1. The monoisotopic (exact) mass is 290 g/mol. The highest BCUT2D eigenvalue weighted by Gasteiger charge is 2.18. The van der Waals surface area contributed by atoms with Gasteiger partial charge in [0.1, 0.15) is 5.82 Å². The highest BCUT2D eigenvalue weighted by atomic mass is 35.5. The van der Waals surface area contributed by atoms with E-state index in [1.165, 1.54) is 17.2 Å². The molecule has 0 fully saturated rings. The molecule has 0 radical (unpaired) electrons. The minimum absolute atomic E-state index is 0.228. The summed E-state index contributed by atoms with van der Waals surface area (Å²) in [6, 6.07) is 11.0. The maximum Gasteiger partial charge on any atom is 0.142 e. The second-order valence-corrected chi connectivity index (χ2v) is 5.58. The zero-order valence-corrected chi connectivity index (χ0v) is 11.8. The molecule has 0 aliphatic carbocycles. The van der Waals surface area contributed by atoms with Crippen molar-refractivity contribution in [3.8, 4) is 0 Å². The Bertz CT molecular complexity index is 642. The molecular formula is C16H16ClFN2. The minimum Gasteiger partial charge on any atom is -0.399 e. The van der Waals surface area contributed by atoms with Gasteiger partial charge in [-0.25, -0.2) is 4.39 Å². The summed E-state index contributed by atoms with van der Waals surface area (Å²) >= 11 is 6.02. The summed E-state index contributed by atoms with van der Waals surface area (Å²) in [4.78, 5) is 2.27. The predicted molar refractivity (Wildman–Crippen MR) is 80.1 cm³/mol. The van der Waals surface area contributed by atoms with Crippen LogP contribution in [0, 0.1) is 5.82 Å². The van der Waals surface area contributed by atoms with Crippen LogP contribution < -0.4 is 5.73 Å². The predicted octanol–water partition coefficient (Wildman–Crippen LogP) is 3.62. The molecule has 0 saturated carbocycles. The van der Waals surface area contributed by atoms with Crippen LogP contribution in [0.15, 0.2) is 36.4 Å². The lowest BCUT2D eigenvalue weighted by molar-refractivity contribution is 0.245. The number of halogens is 2. The summed E-state index contributed by atoms with van der Waals surface area (Å²) in [5.41, 5.74) is 10.1. The molecule has 1 heterocycles. The molecule has 2 aromatic carbocycles.